The maximum Gasteiger partial charge on any atom is 0.159 e. The normalized spacial score (nSPS) is 14.4. The van der Waals surface area contributed by atoms with Crippen molar-refractivity contribution in [1.82, 2.24) is 15.3 Å². The fourth-order valence-corrected chi connectivity index (χ4v) is 2.86. The molecule has 0 fully saturated rings. The number of benzene rings is 1. The van der Waals surface area contributed by atoms with Gasteiger partial charge in [0.1, 0.15) is 0 Å². The molecule has 0 saturated carbocycles. The van der Waals surface area contributed by atoms with E-state index in [2.05, 4.69) is 47.2 Å². The van der Waals surface area contributed by atoms with Crippen molar-refractivity contribution < 1.29 is 0 Å². The summed E-state index contributed by atoms with van der Waals surface area (Å²) in [4.78, 5) is 9.60. The molecule has 104 valence electrons. The van der Waals surface area contributed by atoms with Crippen molar-refractivity contribution in [1.29, 1.82) is 0 Å². The molecule has 0 aliphatic carbocycles. The van der Waals surface area contributed by atoms with Gasteiger partial charge in [0.15, 0.2) is 5.82 Å². The molecule has 3 rings (SSSR count). The Hall–Kier alpha value is -1.26. The first-order valence-electron chi connectivity index (χ1n) is 7.01. The molecule has 0 bridgehead atoms. The van der Waals surface area contributed by atoms with Crippen LogP contribution in [0.2, 0.25) is 0 Å². The third-order valence-corrected chi connectivity index (χ3v) is 4.15. The van der Waals surface area contributed by atoms with Crippen LogP contribution in [0.5, 0.6) is 0 Å². The first-order valence-corrected chi connectivity index (χ1v) is 7.81. The molecule has 1 aromatic heterocycles. The number of halogens is 1. The molecular formula is C16H18BrN3. The third-order valence-electron chi connectivity index (χ3n) is 3.62. The summed E-state index contributed by atoms with van der Waals surface area (Å²) in [5.41, 5.74) is 4.78. The van der Waals surface area contributed by atoms with Crippen molar-refractivity contribution in [3.8, 4) is 11.4 Å². The van der Waals surface area contributed by atoms with Crippen molar-refractivity contribution in [3.05, 3.63) is 45.7 Å². The van der Waals surface area contributed by atoms with Gasteiger partial charge < -0.3 is 5.32 Å². The summed E-state index contributed by atoms with van der Waals surface area (Å²) >= 11 is 3.46. The van der Waals surface area contributed by atoms with Gasteiger partial charge in [-0.15, -0.1) is 0 Å². The quantitative estimate of drug-likeness (QED) is 0.912. The fourth-order valence-electron chi connectivity index (χ4n) is 2.59. The van der Waals surface area contributed by atoms with E-state index in [4.69, 9.17) is 9.97 Å². The van der Waals surface area contributed by atoms with Crippen molar-refractivity contribution in [3.63, 3.8) is 0 Å². The van der Waals surface area contributed by atoms with E-state index in [1.165, 1.54) is 11.3 Å². The van der Waals surface area contributed by atoms with Crippen molar-refractivity contribution in [2.24, 2.45) is 0 Å². The summed E-state index contributed by atoms with van der Waals surface area (Å²) in [7, 11) is 0. The van der Waals surface area contributed by atoms with Gasteiger partial charge in [-0.3, -0.25) is 0 Å². The van der Waals surface area contributed by atoms with Gasteiger partial charge in [0.25, 0.3) is 0 Å². The Bertz CT molecular complexity index is 620. The van der Waals surface area contributed by atoms with Crippen LogP contribution in [0.3, 0.4) is 0 Å². The highest BCUT2D eigenvalue weighted by atomic mass is 79.9. The molecule has 1 aliphatic heterocycles. The summed E-state index contributed by atoms with van der Waals surface area (Å²) in [6, 6.07) is 8.19. The SMILES string of the molecule is CC(C)c1nc(-c2ccc(Br)cc2)nc2c1CCNC2. The lowest BCUT2D eigenvalue weighted by molar-refractivity contribution is 0.609. The topological polar surface area (TPSA) is 37.8 Å². The van der Waals surface area contributed by atoms with Crippen molar-refractivity contribution in [2.75, 3.05) is 6.54 Å². The molecule has 0 spiro atoms. The van der Waals surface area contributed by atoms with Crippen molar-refractivity contribution >= 4 is 15.9 Å². The van der Waals surface area contributed by atoms with Crippen molar-refractivity contribution in [2.45, 2.75) is 32.7 Å². The van der Waals surface area contributed by atoms with Gasteiger partial charge in [-0.25, -0.2) is 9.97 Å². The van der Waals surface area contributed by atoms with Gasteiger partial charge in [-0.05, 0) is 36.6 Å². The number of nitrogens with one attached hydrogen (secondary N) is 1. The lowest BCUT2D eigenvalue weighted by atomic mass is 9.97. The van der Waals surface area contributed by atoms with E-state index in [1.54, 1.807) is 0 Å². The van der Waals surface area contributed by atoms with E-state index in [-0.39, 0.29) is 0 Å². The Labute approximate surface area is 128 Å². The molecule has 0 amide bonds. The molecule has 0 atom stereocenters. The highest BCUT2D eigenvalue weighted by Crippen LogP contribution is 2.26. The van der Waals surface area contributed by atoms with E-state index in [0.29, 0.717) is 5.92 Å². The van der Waals surface area contributed by atoms with Crippen LogP contribution in [0, 0.1) is 0 Å². The van der Waals surface area contributed by atoms with Crippen LogP contribution in [0.4, 0.5) is 0 Å². The molecule has 0 radical (unpaired) electrons. The summed E-state index contributed by atoms with van der Waals surface area (Å²) in [5.74, 6) is 1.27. The Kier molecular flexibility index (Phi) is 3.85. The fraction of sp³-hybridized carbons (Fsp3) is 0.375. The van der Waals surface area contributed by atoms with Crippen LogP contribution in [0.15, 0.2) is 28.7 Å². The highest BCUT2D eigenvalue weighted by Gasteiger charge is 2.19. The lowest BCUT2D eigenvalue weighted by Gasteiger charge is -2.21. The van der Waals surface area contributed by atoms with E-state index >= 15 is 0 Å². The van der Waals surface area contributed by atoms with Crippen LogP contribution in [-0.4, -0.2) is 16.5 Å². The Morgan fingerprint density at radius 1 is 1.15 bits per heavy atom. The average Bonchev–Trinajstić information content (AvgIpc) is 2.46. The number of nitrogens with zero attached hydrogens (tertiary/aromatic N) is 2. The summed E-state index contributed by atoms with van der Waals surface area (Å²) in [6.07, 6.45) is 1.03. The van der Waals surface area contributed by atoms with E-state index < -0.39 is 0 Å². The van der Waals surface area contributed by atoms with E-state index in [1.807, 2.05) is 12.1 Å². The number of rotatable bonds is 2. The van der Waals surface area contributed by atoms with Gasteiger partial charge in [0.2, 0.25) is 0 Å². The first-order chi connectivity index (χ1) is 9.65. The molecular weight excluding hydrogens is 314 g/mol. The zero-order chi connectivity index (χ0) is 14.1. The third kappa shape index (κ3) is 2.63. The van der Waals surface area contributed by atoms with Gasteiger partial charge in [-0.2, -0.15) is 0 Å². The van der Waals surface area contributed by atoms with Crippen LogP contribution in [0.25, 0.3) is 11.4 Å². The zero-order valence-electron chi connectivity index (χ0n) is 11.8. The molecule has 2 aromatic rings. The minimum absolute atomic E-state index is 0.430. The van der Waals surface area contributed by atoms with Crippen LogP contribution < -0.4 is 5.32 Å². The largest absolute Gasteiger partial charge is 0.311 e. The Balaban J connectivity index is 2.12. The number of fused-ring (bicyclic) bond motifs is 1. The molecule has 1 N–H and O–H groups in total. The number of aromatic nitrogens is 2. The molecule has 0 saturated heterocycles. The van der Waals surface area contributed by atoms with Gasteiger partial charge in [-0.1, -0.05) is 41.9 Å². The second-order valence-electron chi connectivity index (χ2n) is 5.45. The summed E-state index contributed by atoms with van der Waals surface area (Å²) < 4.78 is 1.07. The average molecular weight is 332 g/mol. The van der Waals surface area contributed by atoms with E-state index in [9.17, 15) is 0 Å². The monoisotopic (exact) mass is 331 g/mol. The number of hydrogen-bond acceptors (Lipinski definition) is 3. The second-order valence-corrected chi connectivity index (χ2v) is 6.36. The summed E-state index contributed by atoms with van der Waals surface area (Å²) in [6.45, 7) is 6.28. The highest BCUT2D eigenvalue weighted by molar-refractivity contribution is 9.10. The molecule has 0 unspecified atom stereocenters. The van der Waals surface area contributed by atoms with Gasteiger partial charge in [0, 0.05) is 16.6 Å². The predicted octanol–water partition coefficient (Wildman–Crippen LogP) is 3.68. The summed E-state index contributed by atoms with van der Waals surface area (Å²) in [5, 5.41) is 3.40. The smallest absolute Gasteiger partial charge is 0.159 e. The first kappa shape index (κ1) is 13.7. The molecule has 4 heteroatoms. The second kappa shape index (κ2) is 5.62. The predicted molar refractivity (Wildman–Crippen MR) is 84.7 cm³/mol. The number of hydrogen-bond donors (Lipinski definition) is 1. The Morgan fingerprint density at radius 3 is 2.60 bits per heavy atom. The molecule has 1 aliphatic rings. The Morgan fingerprint density at radius 2 is 1.90 bits per heavy atom. The molecule has 2 heterocycles. The van der Waals surface area contributed by atoms with E-state index in [0.717, 1.165) is 41.1 Å². The molecule has 1 aromatic carbocycles. The van der Waals surface area contributed by atoms with Crippen LogP contribution in [-0.2, 0) is 13.0 Å². The maximum absolute atomic E-state index is 4.83. The van der Waals surface area contributed by atoms with Gasteiger partial charge in [0.05, 0.1) is 11.4 Å². The zero-order valence-corrected chi connectivity index (χ0v) is 13.4. The van der Waals surface area contributed by atoms with Crippen LogP contribution >= 0.6 is 15.9 Å². The molecule has 20 heavy (non-hydrogen) atoms. The standard InChI is InChI=1S/C16H18BrN3/c1-10(2)15-13-7-8-18-9-14(13)19-16(20-15)11-3-5-12(17)6-4-11/h3-6,10,18H,7-9H2,1-2H3. The maximum atomic E-state index is 4.83. The molecule has 3 nitrogen and oxygen atoms in total. The minimum Gasteiger partial charge on any atom is -0.311 e. The lowest BCUT2D eigenvalue weighted by Crippen LogP contribution is -2.27. The van der Waals surface area contributed by atoms with Crippen LogP contribution in [0.1, 0.15) is 36.7 Å². The van der Waals surface area contributed by atoms with Gasteiger partial charge >= 0.3 is 0 Å². The minimum atomic E-state index is 0.430.